The smallest absolute Gasteiger partial charge is 0.0644 e. The van der Waals surface area contributed by atoms with Crippen molar-refractivity contribution in [2.24, 2.45) is 5.41 Å². The Morgan fingerprint density at radius 3 is 3.00 bits per heavy atom. The molecular formula is C16H27N3O. The minimum Gasteiger partial charge on any atom is -0.394 e. The summed E-state index contributed by atoms with van der Waals surface area (Å²) in [7, 11) is 0. The maximum atomic E-state index is 9.12. The fraction of sp³-hybridized carbons (Fsp3) is 0.812. The van der Waals surface area contributed by atoms with Crippen LogP contribution < -0.4 is 5.32 Å². The molecule has 0 radical (unpaired) electrons. The van der Waals surface area contributed by atoms with Crippen LogP contribution in [0.5, 0.6) is 0 Å². The molecule has 2 aliphatic rings. The van der Waals surface area contributed by atoms with Gasteiger partial charge in [-0.15, -0.1) is 0 Å². The summed E-state index contributed by atoms with van der Waals surface area (Å²) < 4.78 is 1.99. The Labute approximate surface area is 121 Å². The van der Waals surface area contributed by atoms with E-state index in [0.717, 1.165) is 6.42 Å². The Hall–Kier alpha value is -0.870. The molecule has 0 amide bonds. The molecule has 0 bridgehead atoms. The normalized spacial score (nSPS) is 28.6. The van der Waals surface area contributed by atoms with Crippen molar-refractivity contribution in [1.82, 2.24) is 15.1 Å². The van der Waals surface area contributed by atoms with Crippen LogP contribution in [0.3, 0.4) is 0 Å². The molecular weight excluding hydrogens is 250 g/mol. The molecule has 112 valence electrons. The second kappa shape index (κ2) is 5.49. The minimum absolute atomic E-state index is 0.170. The monoisotopic (exact) mass is 277 g/mol. The summed E-state index contributed by atoms with van der Waals surface area (Å²) in [6.07, 6.45) is 9.46. The second-order valence-corrected chi connectivity index (χ2v) is 7.21. The average molecular weight is 277 g/mol. The van der Waals surface area contributed by atoms with Gasteiger partial charge >= 0.3 is 0 Å². The largest absolute Gasteiger partial charge is 0.394 e. The Balaban J connectivity index is 1.71. The quantitative estimate of drug-likeness (QED) is 0.888. The molecule has 0 saturated heterocycles. The van der Waals surface area contributed by atoms with Crippen LogP contribution in [0.15, 0.2) is 6.20 Å². The van der Waals surface area contributed by atoms with Crippen LogP contribution in [-0.4, -0.2) is 27.5 Å². The summed E-state index contributed by atoms with van der Waals surface area (Å²) in [5, 5.41) is 17.4. The van der Waals surface area contributed by atoms with E-state index in [2.05, 4.69) is 24.3 Å². The lowest BCUT2D eigenvalue weighted by atomic mass is 9.90. The molecule has 2 atom stereocenters. The first-order valence-corrected chi connectivity index (χ1v) is 8.00. The van der Waals surface area contributed by atoms with Gasteiger partial charge in [0.1, 0.15) is 0 Å². The zero-order valence-corrected chi connectivity index (χ0v) is 12.7. The van der Waals surface area contributed by atoms with Gasteiger partial charge in [-0.25, -0.2) is 0 Å². The van der Waals surface area contributed by atoms with Gasteiger partial charge in [-0.2, -0.15) is 5.10 Å². The Bertz CT molecular complexity index is 466. The van der Waals surface area contributed by atoms with Gasteiger partial charge in [-0.3, -0.25) is 4.68 Å². The van der Waals surface area contributed by atoms with E-state index in [9.17, 15) is 0 Å². The average Bonchev–Trinajstić information content (AvgIpc) is 2.95. The fourth-order valence-corrected chi connectivity index (χ4v) is 3.94. The maximum Gasteiger partial charge on any atom is 0.0644 e. The maximum absolute atomic E-state index is 9.12. The van der Waals surface area contributed by atoms with Gasteiger partial charge < -0.3 is 10.4 Å². The van der Waals surface area contributed by atoms with E-state index in [1.54, 1.807) is 0 Å². The van der Waals surface area contributed by atoms with E-state index in [1.165, 1.54) is 43.4 Å². The lowest BCUT2D eigenvalue weighted by Gasteiger charge is -2.28. The van der Waals surface area contributed by atoms with Crippen LogP contribution in [0, 0.1) is 5.41 Å². The second-order valence-electron chi connectivity index (χ2n) is 7.21. The Kier molecular flexibility index (Phi) is 3.87. The Morgan fingerprint density at radius 1 is 1.45 bits per heavy atom. The number of hydrogen-bond acceptors (Lipinski definition) is 3. The molecule has 4 heteroatoms. The standard InChI is InChI=1S/C16H27N3O/c1-16(2)7-6-12(10-16)18-14-4-3-5-15-13(14)11-17-19(15)8-9-20/h11-12,14,18,20H,3-10H2,1-2H3. The molecule has 0 aromatic carbocycles. The third-order valence-electron chi connectivity index (χ3n) is 4.98. The van der Waals surface area contributed by atoms with Crippen molar-refractivity contribution in [1.29, 1.82) is 0 Å². The number of aliphatic hydroxyl groups is 1. The van der Waals surface area contributed by atoms with Gasteiger partial charge in [-0.05, 0) is 43.9 Å². The van der Waals surface area contributed by atoms with Gasteiger partial charge in [-0.1, -0.05) is 13.8 Å². The summed E-state index contributed by atoms with van der Waals surface area (Å²) in [4.78, 5) is 0. The lowest BCUT2D eigenvalue weighted by molar-refractivity contribution is 0.266. The predicted molar refractivity (Wildman–Crippen MR) is 79.5 cm³/mol. The van der Waals surface area contributed by atoms with E-state index in [0.29, 0.717) is 24.0 Å². The zero-order valence-electron chi connectivity index (χ0n) is 12.7. The van der Waals surface area contributed by atoms with Crippen LogP contribution in [0.4, 0.5) is 0 Å². The third kappa shape index (κ3) is 2.77. The molecule has 1 aromatic rings. The number of rotatable bonds is 4. The molecule has 0 spiro atoms. The van der Waals surface area contributed by atoms with E-state index >= 15 is 0 Å². The van der Waals surface area contributed by atoms with Crippen molar-refractivity contribution in [3.05, 3.63) is 17.5 Å². The number of nitrogens with one attached hydrogen (secondary N) is 1. The summed E-state index contributed by atoms with van der Waals surface area (Å²) in [6, 6.07) is 1.12. The summed E-state index contributed by atoms with van der Waals surface area (Å²) >= 11 is 0. The van der Waals surface area contributed by atoms with Crippen LogP contribution in [0.2, 0.25) is 0 Å². The van der Waals surface area contributed by atoms with Gasteiger partial charge in [0.05, 0.1) is 19.3 Å². The van der Waals surface area contributed by atoms with E-state index in [-0.39, 0.29) is 6.61 Å². The summed E-state index contributed by atoms with van der Waals surface area (Å²) in [5.74, 6) is 0. The fourth-order valence-electron chi connectivity index (χ4n) is 3.94. The third-order valence-corrected chi connectivity index (χ3v) is 4.98. The molecule has 2 aliphatic carbocycles. The van der Waals surface area contributed by atoms with Crippen LogP contribution in [-0.2, 0) is 13.0 Å². The SMILES string of the molecule is CC1(C)CCC(NC2CCCc3c2cnn3CCO)C1. The van der Waals surface area contributed by atoms with Crippen molar-refractivity contribution in [2.75, 3.05) is 6.61 Å². The molecule has 3 rings (SSSR count). The summed E-state index contributed by atoms with van der Waals surface area (Å²) in [5.41, 5.74) is 3.20. The van der Waals surface area contributed by atoms with E-state index in [1.807, 2.05) is 10.9 Å². The molecule has 1 fully saturated rings. The highest BCUT2D eigenvalue weighted by molar-refractivity contribution is 5.25. The molecule has 1 heterocycles. The first-order chi connectivity index (χ1) is 9.59. The highest BCUT2D eigenvalue weighted by atomic mass is 16.3. The van der Waals surface area contributed by atoms with Crippen molar-refractivity contribution >= 4 is 0 Å². The highest BCUT2D eigenvalue weighted by Gasteiger charge is 2.33. The zero-order chi connectivity index (χ0) is 14.2. The molecule has 2 N–H and O–H groups in total. The van der Waals surface area contributed by atoms with Crippen LogP contribution >= 0.6 is 0 Å². The molecule has 1 saturated carbocycles. The van der Waals surface area contributed by atoms with Crippen molar-refractivity contribution in [3.63, 3.8) is 0 Å². The number of aliphatic hydroxyl groups excluding tert-OH is 1. The molecule has 4 nitrogen and oxygen atoms in total. The van der Waals surface area contributed by atoms with Crippen molar-refractivity contribution in [3.8, 4) is 0 Å². The highest BCUT2D eigenvalue weighted by Crippen LogP contribution is 2.39. The van der Waals surface area contributed by atoms with Crippen molar-refractivity contribution in [2.45, 2.75) is 71.0 Å². The lowest BCUT2D eigenvalue weighted by Crippen LogP contribution is -2.33. The number of fused-ring (bicyclic) bond motifs is 1. The number of aromatic nitrogens is 2. The van der Waals surface area contributed by atoms with Crippen molar-refractivity contribution < 1.29 is 5.11 Å². The first kappa shape index (κ1) is 14.1. The molecule has 0 aliphatic heterocycles. The molecule has 20 heavy (non-hydrogen) atoms. The predicted octanol–water partition coefficient (Wildman–Crippen LogP) is 2.42. The number of nitrogens with zero attached hydrogens (tertiary/aromatic N) is 2. The minimum atomic E-state index is 0.170. The van der Waals surface area contributed by atoms with E-state index in [4.69, 9.17) is 5.11 Å². The first-order valence-electron chi connectivity index (χ1n) is 8.00. The molecule has 1 aromatic heterocycles. The topological polar surface area (TPSA) is 50.1 Å². The molecule has 2 unspecified atom stereocenters. The Morgan fingerprint density at radius 2 is 2.30 bits per heavy atom. The van der Waals surface area contributed by atoms with E-state index < -0.39 is 0 Å². The van der Waals surface area contributed by atoms with Gasteiger partial charge in [0.25, 0.3) is 0 Å². The van der Waals surface area contributed by atoms with Gasteiger partial charge in [0, 0.05) is 23.3 Å². The van der Waals surface area contributed by atoms with Gasteiger partial charge in [0.2, 0.25) is 0 Å². The number of hydrogen-bond donors (Lipinski definition) is 2. The van der Waals surface area contributed by atoms with Crippen LogP contribution in [0.25, 0.3) is 0 Å². The summed E-state index contributed by atoms with van der Waals surface area (Å²) in [6.45, 7) is 5.54. The van der Waals surface area contributed by atoms with Crippen LogP contribution in [0.1, 0.15) is 63.3 Å². The van der Waals surface area contributed by atoms with Gasteiger partial charge in [0.15, 0.2) is 0 Å².